The van der Waals surface area contributed by atoms with Crippen LogP contribution < -0.4 is 10.2 Å². The third-order valence-corrected chi connectivity index (χ3v) is 6.32. The number of hydrogen-bond donors (Lipinski definition) is 1. The maximum absolute atomic E-state index is 11.8. The first kappa shape index (κ1) is 19.2. The molecule has 0 bridgehead atoms. The largest absolute Gasteiger partial charge is 0.369 e. The number of piperazine rings is 1. The van der Waals surface area contributed by atoms with Crippen LogP contribution in [0.1, 0.15) is 32.1 Å². The zero-order chi connectivity index (χ0) is 18.6. The fourth-order valence-electron chi connectivity index (χ4n) is 3.87. The van der Waals surface area contributed by atoms with Crippen molar-refractivity contribution in [3.8, 4) is 0 Å². The molecule has 2 fully saturated rings. The fourth-order valence-corrected chi connectivity index (χ4v) is 4.43. The van der Waals surface area contributed by atoms with Crippen LogP contribution in [0.3, 0.4) is 0 Å². The summed E-state index contributed by atoms with van der Waals surface area (Å²) in [7, 11) is -3.12. The number of anilines is 2. The highest BCUT2D eigenvalue weighted by Crippen LogP contribution is 2.26. The van der Waals surface area contributed by atoms with E-state index in [1.54, 1.807) is 0 Å². The number of nitrogens with one attached hydrogen (secondary N) is 1. The monoisotopic (exact) mass is 379 g/mol. The topological polar surface area (TPSA) is 69.7 Å². The van der Waals surface area contributed by atoms with E-state index in [4.69, 9.17) is 0 Å². The Morgan fingerprint density at radius 3 is 2.27 bits per heavy atom. The SMILES string of the molecule is CS(=O)(=O)CCC(=O)Nc1ccc(N2CCN(C3CCCC3)CC2)cc1. The van der Waals surface area contributed by atoms with E-state index >= 15 is 0 Å². The van der Waals surface area contributed by atoms with Crippen LogP contribution >= 0.6 is 0 Å². The molecule has 144 valence electrons. The van der Waals surface area contributed by atoms with Crippen molar-refractivity contribution in [1.29, 1.82) is 0 Å². The molecule has 2 aliphatic rings. The summed E-state index contributed by atoms with van der Waals surface area (Å²) in [6.07, 6.45) is 6.59. The van der Waals surface area contributed by atoms with Crippen LogP contribution in [0.5, 0.6) is 0 Å². The molecule has 1 aromatic rings. The second-order valence-corrected chi connectivity index (χ2v) is 9.70. The first-order valence-electron chi connectivity index (χ1n) is 9.47. The summed E-state index contributed by atoms with van der Waals surface area (Å²) in [4.78, 5) is 16.8. The second kappa shape index (κ2) is 8.39. The fraction of sp³-hybridized carbons (Fsp3) is 0.632. The smallest absolute Gasteiger partial charge is 0.225 e. The first-order chi connectivity index (χ1) is 12.4. The summed E-state index contributed by atoms with van der Waals surface area (Å²) in [6, 6.07) is 8.62. The summed E-state index contributed by atoms with van der Waals surface area (Å²) < 4.78 is 22.3. The van der Waals surface area contributed by atoms with Crippen molar-refractivity contribution in [3.05, 3.63) is 24.3 Å². The molecule has 1 aromatic carbocycles. The van der Waals surface area contributed by atoms with Crippen LogP contribution in [0.25, 0.3) is 0 Å². The average molecular weight is 380 g/mol. The van der Waals surface area contributed by atoms with E-state index in [0.29, 0.717) is 5.69 Å². The van der Waals surface area contributed by atoms with Gasteiger partial charge in [-0.15, -0.1) is 0 Å². The zero-order valence-corrected chi connectivity index (χ0v) is 16.3. The van der Waals surface area contributed by atoms with Crippen molar-refractivity contribution in [2.75, 3.05) is 48.4 Å². The Bertz CT molecular complexity index is 704. The standard InChI is InChI=1S/C19H29N3O3S/c1-26(24,25)15-10-19(23)20-16-6-8-18(9-7-16)22-13-11-21(12-14-22)17-4-2-3-5-17/h6-9,17H,2-5,10-15H2,1H3,(H,20,23). The van der Waals surface area contributed by atoms with E-state index in [0.717, 1.165) is 38.5 Å². The number of hydrogen-bond acceptors (Lipinski definition) is 5. The molecule has 1 N–H and O–H groups in total. The molecule has 0 aromatic heterocycles. The van der Waals surface area contributed by atoms with Crippen LogP contribution in [-0.2, 0) is 14.6 Å². The minimum absolute atomic E-state index is 0.0102. The van der Waals surface area contributed by atoms with Gasteiger partial charge in [0.15, 0.2) is 0 Å². The molecule has 6 nitrogen and oxygen atoms in total. The van der Waals surface area contributed by atoms with E-state index in [1.165, 1.54) is 31.4 Å². The van der Waals surface area contributed by atoms with Gasteiger partial charge in [0.25, 0.3) is 0 Å². The van der Waals surface area contributed by atoms with Gasteiger partial charge in [-0.3, -0.25) is 9.69 Å². The molecular weight excluding hydrogens is 350 g/mol. The highest BCUT2D eigenvalue weighted by atomic mass is 32.2. The van der Waals surface area contributed by atoms with Gasteiger partial charge in [-0.05, 0) is 37.1 Å². The molecule has 0 unspecified atom stereocenters. The third-order valence-electron chi connectivity index (χ3n) is 5.37. The van der Waals surface area contributed by atoms with Crippen molar-refractivity contribution in [2.24, 2.45) is 0 Å². The minimum Gasteiger partial charge on any atom is -0.369 e. The molecule has 1 aliphatic heterocycles. The predicted molar refractivity (Wildman–Crippen MR) is 105 cm³/mol. The van der Waals surface area contributed by atoms with E-state index in [9.17, 15) is 13.2 Å². The molecule has 0 atom stereocenters. The Kier molecular flexibility index (Phi) is 6.19. The van der Waals surface area contributed by atoms with Crippen LogP contribution in [-0.4, -0.2) is 63.5 Å². The Labute approximate surface area is 156 Å². The highest BCUT2D eigenvalue weighted by molar-refractivity contribution is 7.90. The zero-order valence-electron chi connectivity index (χ0n) is 15.5. The van der Waals surface area contributed by atoms with Gasteiger partial charge in [-0.1, -0.05) is 12.8 Å². The van der Waals surface area contributed by atoms with Crippen molar-refractivity contribution in [3.63, 3.8) is 0 Å². The van der Waals surface area contributed by atoms with Gasteiger partial charge >= 0.3 is 0 Å². The molecule has 1 heterocycles. The molecular formula is C19H29N3O3S. The number of sulfone groups is 1. The maximum Gasteiger partial charge on any atom is 0.225 e. The number of carbonyl (C=O) groups excluding carboxylic acids is 1. The molecule has 1 saturated heterocycles. The quantitative estimate of drug-likeness (QED) is 0.820. The Hall–Kier alpha value is -1.60. The van der Waals surface area contributed by atoms with Crippen molar-refractivity contribution in [1.82, 2.24) is 4.90 Å². The van der Waals surface area contributed by atoms with E-state index in [1.807, 2.05) is 24.3 Å². The van der Waals surface area contributed by atoms with Gasteiger partial charge in [0.1, 0.15) is 9.84 Å². The van der Waals surface area contributed by atoms with Gasteiger partial charge < -0.3 is 10.2 Å². The van der Waals surface area contributed by atoms with Gasteiger partial charge in [0.05, 0.1) is 5.75 Å². The number of benzene rings is 1. The molecule has 1 aliphatic carbocycles. The van der Waals surface area contributed by atoms with Gasteiger partial charge in [0, 0.05) is 56.3 Å². The molecule has 0 spiro atoms. The van der Waals surface area contributed by atoms with Crippen molar-refractivity contribution >= 4 is 27.1 Å². The van der Waals surface area contributed by atoms with Crippen molar-refractivity contribution in [2.45, 2.75) is 38.1 Å². The molecule has 1 saturated carbocycles. The average Bonchev–Trinajstić information content (AvgIpc) is 3.15. The van der Waals surface area contributed by atoms with E-state index < -0.39 is 9.84 Å². The Morgan fingerprint density at radius 1 is 1.08 bits per heavy atom. The minimum atomic E-state index is -3.12. The maximum atomic E-state index is 11.8. The molecule has 7 heteroatoms. The number of nitrogens with zero attached hydrogens (tertiary/aromatic N) is 2. The number of amides is 1. The van der Waals surface area contributed by atoms with E-state index in [-0.39, 0.29) is 18.1 Å². The van der Waals surface area contributed by atoms with Gasteiger partial charge in [-0.2, -0.15) is 0 Å². The Morgan fingerprint density at radius 2 is 1.69 bits per heavy atom. The lowest BCUT2D eigenvalue weighted by molar-refractivity contribution is -0.115. The Balaban J connectivity index is 1.48. The first-order valence-corrected chi connectivity index (χ1v) is 11.5. The predicted octanol–water partition coefficient (Wildman–Crippen LogP) is 2.12. The summed E-state index contributed by atoms with van der Waals surface area (Å²) >= 11 is 0. The van der Waals surface area contributed by atoms with Crippen LogP contribution in [0.4, 0.5) is 11.4 Å². The van der Waals surface area contributed by atoms with Gasteiger partial charge in [0.2, 0.25) is 5.91 Å². The highest BCUT2D eigenvalue weighted by Gasteiger charge is 2.26. The van der Waals surface area contributed by atoms with Crippen molar-refractivity contribution < 1.29 is 13.2 Å². The number of rotatable bonds is 6. The third kappa shape index (κ3) is 5.45. The molecule has 1 amide bonds. The van der Waals surface area contributed by atoms with Crippen LogP contribution in [0.2, 0.25) is 0 Å². The van der Waals surface area contributed by atoms with Crippen LogP contribution in [0.15, 0.2) is 24.3 Å². The van der Waals surface area contributed by atoms with Crippen LogP contribution in [0, 0.1) is 0 Å². The molecule has 3 rings (SSSR count). The second-order valence-electron chi connectivity index (χ2n) is 7.44. The summed E-state index contributed by atoms with van der Waals surface area (Å²) in [5.41, 5.74) is 1.88. The van der Waals surface area contributed by atoms with Gasteiger partial charge in [-0.25, -0.2) is 8.42 Å². The molecule has 26 heavy (non-hydrogen) atoms. The number of carbonyl (C=O) groups is 1. The lowest BCUT2D eigenvalue weighted by Crippen LogP contribution is -2.49. The lowest BCUT2D eigenvalue weighted by Gasteiger charge is -2.39. The summed E-state index contributed by atoms with van der Waals surface area (Å²) in [6.45, 7) is 4.32. The lowest BCUT2D eigenvalue weighted by atomic mass is 10.1. The normalized spacial score (nSPS) is 19.7. The molecule has 0 radical (unpaired) electrons. The van der Waals surface area contributed by atoms with E-state index in [2.05, 4.69) is 15.1 Å². The summed E-state index contributed by atoms with van der Waals surface area (Å²) in [5.74, 6) is -0.393. The summed E-state index contributed by atoms with van der Waals surface area (Å²) in [5, 5.41) is 2.76.